The minimum Gasteiger partial charge on any atom is -0.378 e. The molecule has 1 aliphatic rings. The van der Waals surface area contributed by atoms with Crippen LogP contribution in [0.5, 0.6) is 0 Å². The van der Waals surface area contributed by atoms with Crippen LogP contribution in [0.25, 0.3) is 11.8 Å². The monoisotopic (exact) mass is 474 g/mol. The molecule has 7 nitrogen and oxygen atoms in total. The highest BCUT2D eigenvalue weighted by atomic mass is 35.5. The first-order valence-corrected chi connectivity index (χ1v) is 11.9. The molecule has 1 aliphatic heterocycles. The standard InChI is InChI=1S/C25H35ClN4O3/c1-17(2)16-33-19(4)24-28-14-23(25(31)29-9-11-32-12-10-29)30(24)15-20(7-8-27)21-6-5-18(3)13-22(21)26/h5-6,13-15,17,19H,7-12,16,27H2,1-4H3/b20-15+. The summed E-state index contributed by atoms with van der Waals surface area (Å²) in [5.74, 6) is 0.983. The molecule has 2 N–H and O–H groups in total. The molecular formula is C25H35ClN4O3. The zero-order valence-electron chi connectivity index (χ0n) is 20.0. The molecule has 1 fully saturated rings. The van der Waals surface area contributed by atoms with E-state index in [2.05, 4.69) is 18.8 Å². The van der Waals surface area contributed by atoms with Gasteiger partial charge in [0.25, 0.3) is 5.91 Å². The van der Waals surface area contributed by atoms with Crippen molar-refractivity contribution in [2.45, 2.75) is 40.2 Å². The van der Waals surface area contributed by atoms with Gasteiger partial charge in [-0.2, -0.15) is 0 Å². The van der Waals surface area contributed by atoms with Crippen LogP contribution in [0, 0.1) is 12.8 Å². The summed E-state index contributed by atoms with van der Waals surface area (Å²) in [5.41, 5.74) is 9.35. The summed E-state index contributed by atoms with van der Waals surface area (Å²) in [6.07, 6.45) is 3.89. The molecule has 0 spiro atoms. The number of aromatic nitrogens is 2. The summed E-state index contributed by atoms with van der Waals surface area (Å²) in [6, 6.07) is 5.96. The predicted octanol–water partition coefficient (Wildman–Crippen LogP) is 4.40. The number of benzene rings is 1. The number of ether oxygens (including phenoxy) is 2. The van der Waals surface area contributed by atoms with Crippen molar-refractivity contribution in [1.29, 1.82) is 0 Å². The van der Waals surface area contributed by atoms with Crippen molar-refractivity contribution in [2.24, 2.45) is 11.7 Å². The van der Waals surface area contributed by atoms with E-state index >= 15 is 0 Å². The molecule has 3 rings (SSSR count). The van der Waals surface area contributed by atoms with Gasteiger partial charge in [0.2, 0.25) is 0 Å². The molecule has 180 valence electrons. The third-order valence-corrected chi connectivity index (χ3v) is 5.87. The number of aryl methyl sites for hydroxylation is 1. The Morgan fingerprint density at radius 3 is 2.67 bits per heavy atom. The smallest absolute Gasteiger partial charge is 0.272 e. The van der Waals surface area contributed by atoms with Crippen LogP contribution >= 0.6 is 11.6 Å². The summed E-state index contributed by atoms with van der Waals surface area (Å²) in [6.45, 7) is 11.4. The average molecular weight is 475 g/mol. The Labute approximate surface area is 201 Å². The molecule has 2 aromatic rings. The summed E-state index contributed by atoms with van der Waals surface area (Å²) in [7, 11) is 0. The molecule has 1 aromatic heterocycles. The van der Waals surface area contributed by atoms with Crippen LogP contribution in [0.2, 0.25) is 5.02 Å². The molecule has 0 radical (unpaired) electrons. The van der Waals surface area contributed by atoms with Gasteiger partial charge in [0.15, 0.2) is 0 Å². The van der Waals surface area contributed by atoms with E-state index in [0.29, 0.717) is 68.3 Å². The van der Waals surface area contributed by atoms with Crippen molar-refractivity contribution >= 4 is 29.3 Å². The van der Waals surface area contributed by atoms with Gasteiger partial charge in [0.05, 0.1) is 19.4 Å². The van der Waals surface area contributed by atoms with E-state index in [1.165, 1.54) is 0 Å². The number of amides is 1. The molecule has 1 unspecified atom stereocenters. The minimum absolute atomic E-state index is 0.0774. The van der Waals surface area contributed by atoms with E-state index in [1.807, 2.05) is 42.8 Å². The second-order valence-electron chi connectivity index (χ2n) is 8.82. The Hall–Kier alpha value is -2.19. The number of morpholine rings is 1. The maximum absolute atomic E-state index is 13.4. The first-order valence-electron chi connectivity index (χ1n) is 11.5. The summed E-state index contributed by atoms with van der Waals surface area (Å²) >= 11 is 6.59. The molecule has 2 heterocycles. The number of halogens is 1. The summed E-state index contributed by atoms with van der Waals surface area (Å²) in [4.78, 5) is 19.8. The first kappa shape index (κ1) is 25.4. The van der Waals surface area contributed by atoms with Crippen LogP contribution in [-0.4, -0.2) is 59.8 Å². The maximum atomic E-state index is 13.4. The van der Waals surface area contributed by atoms with Crippen molar-refractivity contribution in [3.05, 3.63) is 52.1 Å². The van der Waals surface area contributed by atoms with E-state index in [0.717, 1.165) is 16.7 Å². The number of nitrogens with two attached hydrogens (primary N) is 1. The summed E-state index contributed by atoms with van der Waals surface area (Å²) < 4.78 is 13.3. The van der Waals surface area contributed by atoms with Gasteiger partial charge in [-0.15, -0.1) is 0 Å². The van der Waals surface area contributed by atoms with Crippen LogP contribution < -0.4 is 5.73 Å². The first-order chi connectivity index (χ1) is 15.8. The second-order valence-corrected chi connectivity index (χ2v) is 9.23. The van der Waals surface area contributed by atoms with Gasteiger partial charge < -0.3 is 20.1 Å². The van der Waals surface area contributed by atoms with Crippen LogP contribution in [-0.2, 0) is 9.47 Å². The quantitative estimate of drug-likeness (QED) is 0.582. The van der Waals surface area contributed by atoms with Gasteiger partial charge >= 0.3 is 0 Å². The van der Waals surface area contributed by atoms with Crippen LogP contribution in [0.1, 0.15) is 60.7 Å². The normalized spacial score (nSPS) is 15.8. The number of nitrogens with zero attached hydrogens (tertiary/aromatic N) is 3. The molecule has 0 saturated carbocycles. The molecule has 1 atom stereocenters. The topological polar surface area (TPSA) is 82.6 Å². The van der Waals surface area contributed by atoms with Crippen molar-refractivity contribution in [2.75, 3.05) is 39.5 Å². The van der Waals surface area contributed by atoms with Crippen LogP contribution in [0.15, 0.2) is 24.4 Å². The zero-order valence-corrected chi connectivity index (χ0v) is 20.8. The number of carbonyl (C=O) groups is 1. The predicted molar refractivity (Wildman–Crippen MR) is 132 cm³/mol. The highest BCUT2D eigenvalue weighted by Gasteiger charge is 2.25. The van der Waals surface area contributed by atoms with Gasteiger partial charge in [-0.3, -0.25) is 9.36 Å². The number of hydrogen-bond donors (Lipinski definition) is 1. The molecular weight excluding hydrogens is 440 g/mol. The molecule has 8 heteroatoms. The van der Waals surface area contributed by atoms with E-state index < -0.39 is 0 Å². The lowest BCUT2D eigenvalue weighted by atomic mass is 10.0. The third kappa shape index (κ3) is 6.44. The number of hydrogen-bond acceptors (Lipinski definition) is 5. The number of carbonyl (C=O) groups excluding carboxylic acids is 1. The highest BCUT2D eigenvalue weighted by Crippen LogP contribution is 2.30. The zero-order chi connectivity index (χ0) is 24.0. The van der Waals surface area contributed by atoms with Crippen molar-refractivity contribution in [3.8, 4) is 0 Å². The van der Waals surface area contributed by atoms with E-state index in [-0.39, 0.29) is 12.0 Å². The van der Waals surface area contributed by atoms with Gasteiger partial charge in [-0.25, -0.2) is 4.98 Å². The molecule has 0 aliphatic carbocycles. The van der Waals surface area contributed by atoms with Crippen molar-refractivity contribution in [1.82, 2.24) is 14.5 Å². The number of imidazole rings is 1. The lowest BCUT2D eigenvalue weighted by molar-refractivity contribution is 0.0294. The van der Waals surface area contributed by atoms with Crippen LogP contribution in [0.4, 0.5) is 0 Å². The molecule has 1 aromatic carbocycles. The number of rotatable bonds is 9. The Balaban J connectivity index is 2.07. The minimum atomic E-state index is -0.289. The molecule has 33 heavy (non-hydrogen) atoms. The highest BCUT2D eigenvalue weighted by molar-refractivity contribution is 6.32. The van der Waals surface area contributed by atoms with E-state index in [9.17, 15) is 4.79 Å². The Morgan fingerprint density at radius 1 is 1.30 bits per heavy atom. The maximum Gasteiger partial charge on any atom is 0.272 e. The lowest BCUT2D eigenvalue weighted by Gasteiger charge is -2.27. The average Bonchev–Trinajstić information content (AvgIpc) is 3.21. The van der Waals surface area contributed by atoms with Gasteiger partial charge in [-0.05, 0) is 55.5 Å². The Morgan fingerprint density at radius 2 is 2.03 bits per heavy atom. The Kier molecular flexibility index (Phi) is 9.09. The van der Waals surface area contributed by atoms with Gasteiger partial charge in [0.1, 0.15) is 17.6 Å². The molecule has 1 saturated heterocycles. The fourth-order valence-electron chi connectivity index (χ4n) is 3.77. The van der Waals surface area contributed by atoms with E-state index in [4.69, 9.17) is 26.8 Å². The SMILES string of the molecule is Cc1ccc(/C(=C/n2c(C(=O)N3CCOCC3)cnc2C(C)OCC(C)C)CCN)c(Cl)c1. The lowest BCUT2D eigenvalue weighted by Crippen LogP contribution is -2.41. The van der Waals surface area contributed by atoms with Crippen molar-refractivity contribution < 1.29 is 14.3 Å². The van der Waals surface area contributed by atoms with Gasteiger partial charge in [-0.1, -0.05) is 37.6 Å². The molecule has 1 amide bonds. The largest absolute Gasteiger partial charge is 0.378 e. The van der Waals surface area contributed by atoms with Crippen LogP contribution in [0.3, 0.4) is 0 Å². The third-order valence-electron chi connectivity index (χ3n) is 5.56. The fourth-order valence-corrected chi connectivity index (χ4v) is 4.13. The van der Waals surface area contributed by atoms with Crippen molar-refractivity contribution in [3.63, 3.8) is 0 Å². The van der Waals surface area contributed by atoms with E-state index in [1.54, 1.807) is 11.1 Å². The summed E-state index contributed by atoms with van der Waals surface area (Å²) in [5, 5.41) is 0.654. The molecule has 0 bridgehead atoms. The fraction of sp³-hybridized carbons (Fsp3) is 0.520. The second kappa shape index (κ2) is 11.8. The van der Waals surface area contributed by atoms with Gasteiger partial charge in [0, 0.05) is 30.9 Å². The Bertz CT molecular complexity index is 980.